The van der Waals surface area contributed by atoms with Gasteiger partial charge >= 0.3 is 0 Å². The zero-order chi connectivity index (χ0) is 21.8. The molecule has 8 nitrogen and oxygen atoms in total. The van der Waals surface area contributed by atoms with Gasteiger partial charge in [-0.15, -0.1) is 0 Å². The average Bonchev–Trinajstić information content (AvgIpc) is 3.44. The van der Waals surface area contributed by atoms with Crippen molar-refractivity contribution in [2.75, 3.05) is 46.4 Å². The highest BCUT2D eigenvalue weighted by Crippen LogP contribution is 2.35. The number of ether oxygens (including phenoxy) is 3. The number of hydrogen-bond donors (Lipinski definition) is 1. The molecule has 1 aromatic rings. The van der Waals surface area contributed by atoms with E-state index in [0.29, 0.717) is 26.2 Å². The lowest BCUT2D eigenvalue weighted by atomic mass is 10.1. The minimum absolute atomic E-state index is 0.135. The number of piperazine rings is 1. The second-order valence-corrected chi connectivity index (χ2v) is 8.39. The Labute approximate surface area is 184 Å². The molecule has 1 aromatic carbocycles. The summed E-state index contributed by atoms with van der Waals surface area (Å²) >= 11 is 0. The normalized spacial score (nSPS) is 23.5. The van der Waals surface area contributed by atoms with E-state index in [1.165, 1.54) is 5.56 Å². The number of nitrogens with one attached hydrogen (secondary N) is 1. The number of rotatable bonds is 5. The van der Waals surface area contributed by atoms with E-state index in [4.69, 9.17) is 19.2 Å². The minimum Gasteiger partial charge on any atom is -0.496 e. The van der Waals surface area contributed by atoms with Crippen LogP contribution in [-0.2, 0) is 22.5 Å². The van der Waals surface area contributed by atoms with Crippen molar-refractivity contribution in [1.82, 2.24) is 15.1 Å². The summed E-state index contributed by atoms with van der Waals surface area (Å²) < 4.78 is 17.1. The molecular formula is C23H34N4O4. The summed E-state index contributed by atoms with van der Waals surface area (Å²) in [4.78, 5) is 21.6. The Balaban J connectivity index is 1.41. The number of amides is 1. The molecule has 3 aliphatic heterocycles. The predicted molar refractivity (Wildman–Crippen MR) is 119 cm³/mol. The van der Waals surface area contributed by atoms with E-state index < -0.39 is 0 Å². The van der Waals surface area contributed by atoms with E-state index in [1.807, 2.05) is 4.90 Å². The number of nitrogens with zero attached hydrogens (tertiary/aromatic N) is 3. The van der Waals surface area contributed by atoms with Gasteiger partial charge in [0.15, 0.2) is 5.96 Å². The molecule has 4 rings (SSSR count). The van der Waals surface area contributed by atoms with Gasteiger partial charge in [0.25, 0.3) is 5.91 Å². The van der Waals surface area contributed by atoms with Gasteiger partial charge in [0.1, 0.15) is 23.7 Å². The molecule has 0 bridgehead atoms. The summed E-state index contributed by atoms with van der Waals surface area (Å²) in [5.41, 5.74) is 2.20. The first-order chi connectivity index (χ1) is 15.1. The molecule has 0 spiro atoms. The van der Waals surface area contributed by atoms with Gasteiger partial charge in [0, 0.05) is 56.9 Å². The number of carbonyl (C=O) groups excluding carboxylic acids is 1. The molecule has 3 aliphatic rings. The van der Waals surface area contributed by atoms with Crippen molar-refractivity contribution < 1.29 is 19.0 Å². The van der Waals surface area contributed by atoms with Crippen LogP contribution in [0.5, 0.6) is 11.5 Å². The van der Waals surface area contributed by atoms with Crippen LogP contribution in [0.15, 0.2) is 17.1 Å². The van der Waals surface area contributed by atoms with Gasteiger partial charge in [-0.2, -0.15) is 0 Å². The summed E-state index contributed by atoms with van der Waals surface area (Å²) in [7, 11) is 1.70. The van der Waals surface area contributed by atoms with Crippen molar-refractivity contribution >= 4 is 11.9 Å². The third-order valence-electron chi connectivity index (χ3n) is 6.13. The van der Waals surface area contributed by atoms with E-state index in [-0.39, 0.29) is 18.1 Å². The molecule has 1 amide bonds. The Hall–Kier alpha value is -2.48. The molecule has 2 fully saturated rings. The summed E-state index contributed by atoms with van der Waals surface area (Å²) in [6.45, 7) is 9.03. The van der Waals surface area contributed by atoms with E-state index >= 15 is 0 Å². The van der Waals surface area contributed by atoms with Crippen LogP contribution in [-0.4, -0.2) is 80.3 Å². The second kappa shape index (κ2) is 9.77. The smallest absolute Gasteiger partial charge is 0.251 e. The Morgan fingerprint density at radius 1 is 1.26 bits per heavy atom. The maximum atomic E-state index is 12.6. The monoisotopic (exact) mass is 430 g/mol. The van der Waals surface area contributed by atoms with Gasteiger partial charge in [0.05, 0.1) is 13.7 Å². The third kappa shape index (κ3) is 4.89. The molecule has 3 heterocycles. The predicted octanol–water partition coefficient (Wildman–Crippen LogP) is 1.81. The molecule has 0 aliphatic carbocycles. The Morgan fingerprint density at radius 2 is 2.03 bits per heavy atom. The molecule has 2 atom stereocenters. The van der Waals surface area contributed by atoms with Crippen molar-refractivity contribution in [3.63, 3.8) is 0 Å². The molecule has 0 aromatic heterocycles. The Kier molecular flexibility index (Phi) is 6.85. The number of carbonyl (C=O) groups is 1. The number of fused-ring (bicyclic) bond motifs is 1. The van der Waals surface area contributed by atoms with Crippen LogP contribution in [0.1, 0.15) is 37.8 Å². The van der Waals surface area contributed by atoms with Crippen molar-refractivity contribution in [3.05, 3.63) is 23.3 Å². The summed E-state index contributed by atoms with van der Waals surface area (Å²) in [6.07, 6.45) is 2.68. The minimum atomic E-state index is -0.245. The fourth-order valence-electron chi connectivity index (χ4n) is 4.50. The van der Waals surface area contributed by atoms with Crippen LogP contribution in [0.3, 0.4) is 0 Å². The van der Waals surface area contributed by atoms with Gasteiger partial charge in [-0.25, -0.2) is 4.99 Å². The zero-order valence-corrected chi connectivity index (χ0v) is 18.9. The first kappa shape index (κ1) is 21.7. The average molecular weight is 431 g/mol. The van der Waals surface area contributed by atoms with Crippen LogP contribution < -0.4 is 14.8 Å². The fourth-order valence-corrected chi connectivity index (χ4v) is 4.50. The highest BCUT2D eigenvalue weighted by atomic mass is 16.5. The number of benzene rings is 1. The molecule has 0 saturated carbocycles. The lowest BCUT2D eigenvalue weighted by Crippen LogP contribution is -2.55. The Morgan fingerprint density at radius 3 is 2.71 bits per heavy atom. The van der Waals surface area contributed by atoms with E-state index in [1.54, 1.807) is 7.11 Å². The SMILES string of the molecule is CCNC(=NCc1cc2c(cc1OC)CC(C)O2)N1CCN(C(=O)C2CCCO2)CC1. The van der Waals surface area contributed by atoms with Crippen molar-refractivity contribution in [2.24, 2.45) is 4.99 Å². The molecule has 31 heavy (non-hydrogen) atoms. The highest BCUT2D eigenvalue weighted by molar-refractivity contribution is 5.83. The maximum absolute atomic E-state index is 12.6. The quantitative estimate of drug-likeness (QED) is 0.567. The molecule has 1 N–H and O–H groups in total. The molecule has 2 saturated heterocycles. The fraction of sp³-hybridized carbons (Fsp3) is 0.652. The Bertz CT molecular complexity index is 814. The second-order valence-electron chi connectivity index (χ2n) is 8.39. The van der Waals surface area contributed by atoms with E-state index in [9.17, 15) is 4.79 Å². The number of methoxy groups -OCH3 is 1. The largest absolute Gasteiger partial charge is 0.496 e. The summed E-state index contributed by atoms with van der Waals surface area (Å²) in [5, 5.41) is 3.39. The molecular weight excluding hydrogens is 396 g/mol. The summed E-state index contributed by atoms with van der Waals surface area (Å²) in [5.74, 6) is 2.78. The van der Waals surface area contributed by atoms with Crippen LogP contribution >= 0.6 is 0 Å². The maximum Gasteiger partial charge on any atom is 0.251 e. The zero-order valence-electron chi connectivity index (χ0n) is 18.9. The van der Waals surface area contributed by atoms with Gasteiger partial charge < -0.3 is 29.3 Å². The first-order valence-electron chi connectivity index (χ1n) is 11.4. The van der Waals surface area contributed by atoms with Crippen molar-refractivity contribution in [3.8, 4) is 11.5 Å². The molecule has 8 heteroatoms. The topological polar surface area (TPSA) is 75.6 Å². The van der Waals surface area contributed by atoms with Gasteiger partial charge in [-0.05, 0) is 38.8 Å². The van der Waals surface area contributed by atoms with Crippen LogP contribution in [0.4, 0.5) is 0 Å². The highest BCUT2D eigenvalue weighted by Gasteiger charge is 2.31. The molecule has 2 unspecified atom stereocenters. The number of guanidine groups is 1. The molecule has 170 valence electrons. The van der Waals surface area contributed by atoms with Crippen LogP contribution in [0.25, 0.3) is 0 Å². The van der Waals surface area contributed by atoms with E-state index in [0.717, 1.165) is 61.9 Å². The van der Waals surface area contributed by atoms with Crippen LogP contribution in [0.2, 0.25) is 0 Å². The summed E-state index contributed by atoms with van der Waals surface area (Å²) in [6, 6.07) is 4.13. The first-order valence-corrected chi connectivity index (χ1v) is 11.4. The standard InChI is InChI=1S/C23H34N4O4/c1-4-24-23(27-9-7-26(8-10-27)22(28)19-6-5-11-30-19)25-15-18-14-21-17(12-16(2)31-21)13-20(18)29-3/h13-14,16,19H,4-12,15H2,1-3H3,(H,24,25). The number of hydrogen-bond acceptors (Lipinski definition) is 5. The lowest BCUT2D eigenvalue weighted by Gasteiger charge is -2.37. The lowest BCUT2D eigenvalue weighted by molar-refractivity contribution is -0.142. The van der Waals surface area contributed by atoms with E-state index in [2.05, 4.69) is 36.2 Å². The third-order valence-corrected chi connectivity index (χ3v) is 6.13. The molecule has 0 radical (unpaired) electrons. The number of aliphatic imine (C=N–C) groups is 1. The van der Waals surface area contributed by atoms with Gasteiger partial charge in [-0.1, -0.05) is 0 Å². The van der Waals surface area contributed by atoms with Gasteiger partial charge in [0.2, 0.25) is 0 Å². The van der Waals surface area contributed by atoms with Crippen molar-refractivity contribution in [2.45, 2.75) is 51.9 Å². The van der Waals surface area contributed by atoms with Gasteiger partial charge in [-0.3, -0.25) is 4.79 Å². The van der Waals surface area contributed by atoms with Crippen molar-refractivity contribution in [1.29, 1.82) is 0 Å². The van der Waals surface area contributed by atoms with Crippen LogP contribution in [0, 0.1) is 0 Å².